The molecule has 1 aromatic carbocycles. The van der Waals surface area contributed by atoms with Gasteiger partial charge in [-0.3, -0.25) is 4.79 Å². The van der Waals surface area contributed by atoms with Crippen LogP contribution in [0.3, 0.4) is 0 Å². The van der Waals surface area contributed by atoms with E-state index in [9.17, 15) is 4.79 Å². The van der Waals surface area contributed by atoms with Crippen LogP contribution in [0, 0.1) is 0 Å². The number of rotatable bonds is 4. The van der Waals surface area contributed by atoms with E-state index in [0.29, 0.717) is 11.9 Å². The maximum atomic E-state index is 12.6. The summed E-state index contributed by atoms with van der Waals surface area (Å²) in [6.45, 7) is 0.857. The summed E-state index contributed by atoms with van der Waals surface area (Å²) >= 11 is 12.6. The number of nitrogens with zero attached hydrogens (tertiary/aromatic N) is 1. The highest BCUT2D eigenvalue weighted by molar-refractivity contribution is 9.11. The number of carbonyl (C=O) groups excluding carboxylic acids is 1. The highest BCUT2D eigenvalue weighted by Crippen LogP contribution is 2.26. The predicted octanol–water partition coefficient (Wildman–Crippen LogP) is 4.84. The lowest BCUT2D eigenvalue weighted by Crippen LogP contribution is -2.35. The molecule has 1 unspecified atom stereocenters. The van der Waals surface area contributed by atoms with E-state index in [2.05, 4.69) is 31.9 Å². The summed E-state index contributed by atoms with van der Waals surface area (Å²) in [5, 5.41) is 0. The number of alkyl halides is 1. The first-order valence-corrected chi connectivity index (χ1v) is 8.57. The van der Waals surface area contributed by atoms with Crippen LogP contribution in [-0.2, 0) is 0 Å². The average Bonchev–Trinajstić information content (AvgIpc) is 2.82. The van der Waals surface area contributed by atoms with E-state index >= 15 is 0 Å². The Balaban J connectivity index is 2.13. The fourth-order valence-corrected chi connectivity index (χ4v) is 4.01. The molecule has 1 aliphatic rings. The molecule has 19 heavy (non-hydrogen) atoms. The SMILES string of the molecule is O=C(c1cc(Br)cc(Br)c1)N1CCCC1CCCCl. The van der Waals surface area contributed by atoms with Crippen LogP contribution in [0.15, 0.2) is 27.1 Å². The summed E-state index contributed by atoms with van der Waals surface area (Å²) in [5.74, 6) is 0.792. The minimum Gasteiger partial charge on any atom is -0.336 e. The van der Waals surface area contributed by atoms with Crippen molar-refractivity contribution in [2.75, 3.05) is 12.4 Å². The van der Waals surface area contributed by atoms with Gasteiger partial charge in [-0.1, -0.05) is 31.9 Å². The van der Waals surface area contributed by atoms with E-state index in [-0.39, 0.29) is 5.91 Å². The molecule has 1 atom stereocenters. The number of halogens is 3. The minimum absolute atomic E-state index is 0.124. The fourth-order valence-electron chi connectivity index (χ4n) is 2.56. The molecule has 1 amide bonds. The van der Waals surface area contributed by atoms with Gasteiger partial charge in [0.2, 0.25) is 0 Å². The third kappa shape index (κ3) is 3.96. The molecular weight excluding hydrogens is 393 g/mol. The molecule has 1 fully saturated rings. The second-order valence-electron chi connectivity index (χ2n) is 4.78. The first-order valence-electron chi connectivity index (χ1n) is 6.45. The number of likely N-dealkylation sites (tertiary alicyclic amines) is 1. The molecule has 0 aromatic heterocycles. The van der Waals surface area contributed by atoms with Gasteiger partial charge in [0.25, 0.3) is 5.91 Å². The zero-order chi connectivity index (χ0) is 13.8. The van der Waals surface area contributed by atoms with E-state index in [1.807, 2.05) is 23.1 Å². The minimum atomic E-state index is 0.124. The Morgan fingerprint density at radius 3 is 2.63 bits per heavy atom. The van der Waals surface area contributed by atoms with Crippen LogP contribution < -0.4 is 0 Å². The molecule has 1 aliphatic heterocycles. The van der Waals surface area contributed by atoms with Crippen molar-refractivity contribution < 1.29 is 4.79 Å². The molecule has 0 aliphatic carbocycles. The van der Waals surface area contributed by atoms with Crippen molar-refractivity contribution in [2.24, 2.45) is 0 Å². The monoisotopic (exact) mass is 407 g/mol. The standard InChI is InChI=1S/C14H16Br2ClNO/c15-11-7-10(8-12(16)9-11)14(19)18-6-2-4-13(18)3-1-5-17/h7-9,13H,1-6H2. The van der Waals surface area contributed by atoms with Gasteiger partial charge in [0, 0.05) is 33.0 Å². The second-order valence-corrected chi connectivity index (χ2v) is 6.99. The Bertz CT molecular complexity index is 447. The van der Waals surface area contributed by atoms with Gasteiger partial charge in [-0.25, -0.2) is 0 Å². The third-order valence-corrected chi connectivity index (χ3v) is 4.60. The van der Waals surface area contributed by atoms with Crippen LogP contribution >= 0.6 is 43.5 Å². The first kappa shape index (κ1) is 15.3. The van der Waals surface area contributed by atoms with Crippen molar-refractivity contribution in [1.82, 2.24) is 4.90 Å². The fraction of sp³-hybridized carbons (Fsp3) is 0.500. The first-order chi connectivity index (χ1) is 9.11. The third-order valence-electron chi connectivity index (χ3n) is 3.42. The van der Waals surface area contributed by atoms with Crippen LogP contribution in [0.2, 0.25) is 0 Å². The van der Waals surface area contributed by atoms with Crippen molar-refractivity contribution in [1.29, 1.82) is 0 Å². The lowest BCUT2D eigenvalue weighted by atomic mass is 10.1. The molecule has 0 spiro atoms. The summed E-state index contributed by atoms with van der Waals surface area (Å²) in [5.41, 5.74) is 0.735. The largest absolute Gasteiger partial charge is 0.336 e. The summed E-state index contributed by atoms with van der Waals surface area (Å²) in [6, 6.07) is 6.05. The van der Waals surface area contributed by atoms with Gasteiger partial charge in [-0.05, 0) is 43.9 Å². The number of amides is 1. The normalized spacial score (nSPS) is 18.9. The van der Waals surface area contributed by atoms with E-state index in [4.69, 9.17) is 11.6 Å². The van der Waals surface area contributed by atoms with Gasteiger partial charge in [-0.15, -0.1) is 11.6 Å². The van der Waals surface area contributed by atoms with Crippen molar-refractivity contribution in [3.05, 3.63) is 32.7 Å². The van der Waals surface area contributed by atoms with Gasteiger partial charge in [-0.2, -0.15) is 0 Å². The number of hydrogen-bond donors (Lipinski definition) is 0. The highest BCUT2D eigenvalue weighted by Gasteiger charge is 2.29. The van der Waals surface area contributed by atoms with Crippen molar-refractivity contribution >= 4 is 49.4 Å². The maximum Gasteiger partial charge on any atom is 0.254 e. The molecule has 1 saturated heterocycles. The van der Waals surface area contributed by atoms with Crippen LogP contribution in [0.25, 0.3) is 0 Å². The Morgan fingerprint density at radius 1 is 1.32 bits per heavy atom. The Kier molecular flexibility index (Phi) is 5.72. The summed E-state index contributed by atoms with van der Waals surface area (Å²) in [6.07, 6.45) is 4.16. The molecule has 1 aromatic rings. The maximum absolute atomic E-state index is 12.6. The van der Waals surface area contributed by atoms with E-state index in [0.717, 1.165) is 46.7 Å². The van der Waals surface area contributed by atoms with Crippen molar-refractivity contribution in [2.45, 2.75) is 31.7 Å². The lowest BCUT2D eigenvalue weighted by molar-refractivity contribution is 0.0730. The van der Waals surface area contributed by atoms with Crippen molar-refractivity contribution in [3.63, 3.8) is 0 Å². The van der Waals surface area contributed by atoms with Gasteiger partial charge in [0.05, 0.1) is 0 Å². The molecule has 2 rings (SSSR count). The predicted molar refractivity (Wildman–Crippen MR) is 85.9 cm³/mol. The molecule has 0 N–H and O–H groups in total. The molecule has 0 bridgehead atoms. The van der Waals surface area contributed by atoms with E-state index in [1.165, 1.54) is 0 Å². The zero-order valence-electron chi connectivity index (χ0n) is 10.5. The van der Waals surface area contributed by atoms with Gasteiger partial charge in [0.1, 0.15) is 0 Å². The van der Waals surface area contributed by atoms with Crippen LogP contribution in [0.5, 0.6) is 0 Å². The van der Waals surface area contributed by atoms with Gasteiger partial charge < -0.3 is 4.90 Å². The number of hydrogen-bond acceptors (Lipinski definition) is 1. The second kappa shape index (κ2) is 7.09. The zero-order valence-corrected chi connectivity index (χ0v) is 14.5. The lowest BCUT2D eigenvalue weighted by Gasteiger charge is -2.24. The number of benzene rings is 1. The van der Waals surface area contributed by atoms with Crippen LogP contribution in [0.4, 0.5) is 0 Å². The Hall–Kier alpha value is -0.0600. The quantitative estimate of drug-likeness (QED) is 0.652. The summed E-state index contributed by atoms with van der Waals surface area (Å²) < 4.78 is 1.84. The van der Waals surface area contributed by atoms with E-state index in [1.54, 1.807) is 0 Å². The smallest absolute Gasteiger partial charge is 0.254 e. The van der Waals surface area contributed by atoms with Crippen LogP contribution in [0.1, 0.15) is 36.0 Å². The molecule has 0 radical (unpaired) electrons. The molecular formula is C14H16Br2ClNO. The van der Waals surface area contributed by atoms with E-state index < -0.39 is 0 Å². The van der Waals surface area contributed by atoms with Crippen molar-refractivity contribution in [3.8, 4) is 0 Å². The molecule has 2 nitrogen and oxygen atoms in total. The molecule has 0 saturated carbocycles. The molecule has 104 valence electrons. The summed E-state index contributed by atoms with van der Waals surface area (Å²) in [4.78, 5) is 14.6. The molecule has 1 heterocycles. The summed E-state index contributed by atoms with van der Waals surface area (Å²) in [7, 11) is 0. The Labute approximate surface area is 135 Å². The topological polar surface area (TPSA) is 20.3 Å². The van der Waals surface area contributed by atoms with Crippen LogP contribution in [-0.4, -0.2) is 29.3 Å². The van der Waals surface area contributed by atoms with Gasteiger partial charge >= 0.3 is 0 Å². The van der Waals surface area contributed by atoms with Gasteiger partial charge in [0.15, 0.2) is 0 Å². The Morgan fingerprint density at radius 2 is 2.00 bits per heavy atom. The highest BCUT2D eigenvalue weighted by atomic mass is 79.9. The average molecular weight is 410 g/mol. The number of carbonyl (C=O) groups is 1. The molecule has 5 heteroatoms.